The highest BCUT2D eigenvalue weighted by molar-refractivity contribution is 7.90. The molecular weight excluding hydrogens is 243 g/mol. The molecule has 0 aliphatic rings. The van der Waals surface area contributed by atoms with Crippen LogP contribution in [0.1, 0.15) is 24.6 Å². The van der Waals surface area contributed by atoms with Gasteiger partial charge in [-0.2, -0.15) is 0 Å². The molecule has 0 amide bonds. The first-order chi connectivity index (χ1) is 7.92. The van der Waals surface area contributed by atoms with Crippen molar-refractivity contribution < 1.29 is 12.8 Å². The highest BCUT2D eigenvalue weighted by atomic mass is 32.2. The molecule has 96 valence electrons. The van der Waals surface area contributed by atoms with E-state index in [0.29, 0.717) is 12.8 Å². The molecule has 0 saturated carbocycles. The van der Waals surface area contributed by atoms with Gasteiger partial charge in [0, 0.05) is 18.1 Å². The lowest BCUT2D eigenvalue weighted by Gasteiger charge is -2.15. The number of rotatable bonds is 6. The summed E-state index contributed by atoms with van der Waals surface area (Å²) in [5.41, 5.74) is 0.724. The maximum atomic E-state index is 12.7. The Balaban J connectivity index is 2.57. The van der Waals surface area contributed by atoms with Gasteiger partial charge in [-0.1, -0.05) is 0 Å². The third-order valence-electron chi connectivity index (χ3n) is 2.46. The van der Waals surface area contributed by atoms with Crippen molar-refractivity contribution in [2.24, 2.45) is 0 Å². The van der Waals surface area contributed by atoms with E-state index in [9.17, 15) is 12.8 Å². The third kappa shape index (κ3) is 5.23. The lowest BCUT2D eigenvalue weighted by atomic mass is 10.1. The van der Waals surface area contributed by atoms with Crippen LogP contribution in [0, 0.1) is 5.82 Å². The van der Waals surface area contributed by atoms with Crippen molar-refractivity contribution in [3.8, 4) is 0 Å². The molecule has 1 heterocycles. The van der Waals surface area contributed by atoms with Gasteiger partial charge < -0.3 is 5.32 Å². The van der Waals surface area contributed by atoms with E-state index in [0.717, 1.165) is 11.9 Å². The number of nitrogens with zero attached hydrogens (tertiary/aromatic N) is 1. The third-order valence-corrected chi connectivity index (χ3v) is 3.49. The highest BCUT2D eigenvalue weighted by Crippen LogP contribution is 2.16. The zero-order valence-electron chi connectivity index (χ0n) is 9.98. The lowest BCUT2D eigenvalue weighted by Crippen LogP contribution is -2.18. The molecule has 1 rings (SSSR count). The standard InChI is InChI=1S/C11H17FN2O2S/c1-13-10(4-3-7-17(2,15)16)11-6-5-9(12)8-14-11/h5-6,8,10,13H,3-4,7H2,1-2H3. The Morgan fingerprint density at radius 2 is 2.18 bits per heavy atom. The van der Waals surface area contributed by atoms with Gasteiger partial charge in [0.25, 0.3) is 0 Å². The van der Waals surface area contributed by atoms with Crippen LogP contribution in [0.5, 0.6) is 0 Å². The molecule has 0 spiro atoms. The Morgan fingerprint density at radius 1 is 1.47 bits per heavy atom. The Bertz CT molecular complexity index is 445. The number of hydrogen-bond donors (Lipinski definition) is 1. The quantitative estimate of drug-likeness (QED) is 0.837. The topological polar surface area (TPSA) is 59.1 Å². The Hall–Kier alpha value is -1.01. The van der Waals surface area contributed by atoms with E-state index in [-0.39, 0.29) is 17.6 Å². The summed E-state index contributed by atoms with van der Waals surface area (Å²) < 4.78 is 34.7. The van der Waals surface area contributed by atoms with Gasteiger partial charge in [-0.05, 0) is 32.0 Å². The van der Waals surface area contributed by atoms with Crippen molar-refractivity contribution >= 4 is 9.84 Å². The summed E-state index contributed by atoms with van der Waals surface area (Å²) in [5.74, 6) is -0.216. The minimum Gasteiger partial charge on any atom is -0.312 e. The second-order valence-electron chi connectivity index (χ2n) is 4.01. The molecule has 1 aromatic heterocycles. The van der Waals surface area contributed by atoms with Crippen LogP contribution in [0.15, 0.2) is 18.3 Å². The molecule has 1 unspecified atom stereocenters. The molecule has 4 nitrogen and oxygen atoms in total. The maximum absolute atomic E-state index is 12.7. The van der Waals surface area contributed by atoms with E-state index in [4.69, 9.17) is 0 Å². The van der Waals surface area contributed by atoms with Crippen molar-refractivity contribution in [2.45, 2.75) is 18.9 Å². The molecular formula is C11H17FN2O2S. The van der Waals surface area contributed by atoms with Crippen LogP contribution >= 0.6 is 0 Å². The largest absolute Gasteiger partial charge is 0.312 e. The molecule has 0 aliphatic heterocycles. The van der Waals surface area contributed by atoms with Gasteiger partial charge in [0.1, 0.15) is 15.7 Å². The predicted molar refractivity (Wildman–Crippen MR) is 64.9 cm³/mol. The van der Waals surface area contributed by atoms with Crippen molar-refractivity contribution in [3.05, 3.63) is 29.8 Å². The first kappa shape index (κ1) is 14.1. The molecule has 0 aromatic carbocycles. The molecule has 17 heavy (non-hydrogen) atoms. The summed E-state index contributed by atoms with van der Waals surface area (Å²) in [6.45, 7) is 0. The summed E-state index contributed by atoms with van der Waals surface area (Å²) in [6, 6.07) is 2.91. The smallest absolute Gasteiger partial charge is 0.147 e. The van der Waals surface area contributed by atoms with Crippen LogP contribution in [0.2, 0.25) is 0 Å². The highest BCUT2D eigenvalue weighted by Gasteiger charge is 2.12. The average Bonchev–Trinajstić information content (AvgIpc) is 2.24. The SMILES string of the molecule is CNC(CCCS(C)(=O)=O)c1ccc(F)cn1. The van der Waals surface area contributed by atoms with E-state index in [2.05, 4.69) is 10.3 Å². The molecule has 0 saturated heterocycles. The van der Waals surface area contributed by atoms with Gasteiger partial charge in [-0.25, -0.2) is 12.8 Å². The fourth-order valence-electron chi connectivity index (χ4n) is 1.58. The van der Waals surface area contributed by atoms with Crippen LogP contribution in [0.4, 0.5) is 4.39 Å². The summed E-state index contributed by atoms with van der Waals surface area (Å²) in [7, 11) is -1.15. The Kier molecular flexibility index (Phi) is 5.02. The second kappa shape index (κ2) is 6.07. The maximum Gasteiger partial charge on any atom is 0.147 e. The molecule has 6 heteroatoms. The minimum absolute atomic E-state index is 0.0441. The molecule has 1 N–H and O–H groups in total. The summed E-state index contributed by atoms with van der Waals surface area (Å²) >= 11 is 0. The van der Waals surface area contributed by atoms with Gasteiger partial charge >= 0.3 is 0 Å². The fraction of sp³-hybridized carbons (Fsp3) is 0.545. The number of nitrogens with one attached hydrogen (secondary N) is 1. The minimum atomic E-state index is -2.93. The van der Waals surface area contributed by atoms with E-state index >= 15 is 0 Å². The number of halogens is 1. The second-order valence-corrected chi connectivity index (χ2v) is 6.27. The molecule has 0 bridgehead atoms. The summed E-state index contributed by atoms with van der Waals surface area (Å²) in [4.78, 5) is 3.98. The van der Waals surface area contributed by atoms with Crippen molar-refractivity contribution in [2.75, 3.05) is 19.1 Å². The van der Waals surface area contributed by atoms with Gasteiger partial charge in [0.15, 0.2) is 0 Å². The number of sulfone groups is 1. The Labute approximate surface area is 101 Å². The fourth-order valence-corrected chi connectivity index (χ4v) is 2.27. The van der Waals surface area contributed by atoms with Gasteiger partial charge in [0.2, 0.25) is 0 Å². The number of hydrogen-bond acceptors (Lipinski definition) is 4. The van der Waals surface area contributed by atoms with Crippen LogP contribution < -0.4 is 5.32 Å². The van der Waals surface area contributed by atoms with E-state index in [1.54, 1.807) is 13.1 Å². The summed E-state index contributed by atoms with van der Waals surface area (Å²) in [6.07, 6.45) is 3.60. The van der Waals surface area contributed by atoms with Crippen LogP contribution in [-0.2, 0) is 9.84 Å². The number of aromatic nitrogens is 1. The average molecular weight is 260 g/mol. The van der Waals surface area contributed by atoms with Crippen LogP contribution in [0.25, 0.3) is 0 Å². The Morgan fingerprint density at radius 3 is 2.65 bits per heavy atom. The first-order valence-corrected chi connectivity index (χ1v) is 7.45. The predicted octanol–water partition coefficient (Wildman–Crippen LogP) is 1.31. The molecule has 0 radical (unpaired) electrons. The van der Waals surface area contributed by atoms with E-state index in [1.807, 2.05) is 0 Å². The monoisotopic (exact) mass is 260 g/mol. The zero-order chi connectivity index (χ0) is 12.9. The molecule has 0 aliphatic carbocycles. The van der Waals surface area contributed by atoms with Crippen molar-refractivity contribution in [3.63, 3.8) is 0 Å². The normalized spacial score (nSPS) is 13.6. The van der Waals surface area contributed by atoms with Crippen molar-refractivity contribution in [1.82, 2.24) is 10.3 Å². The zero-order valence-corrected chi connectivity index (χ0v) is 10.8. The van der Waals surface area contributed by atoms with E-state index in [1.165, 1.54) is 12.3 Å². The molecule has 1 aromatic rings. The number of pyridine rings is 1. The van der Waals surface area contributed by atoms with E-state index < -0.39 is 9.84 Å². The molecule has 1 atom stereocenters. The lowest BCUT2D eigenvalue weighted by molar-refractivity contribution is 0.521. The van der Waals surface area contributed by atoms with Crippen LogP contribution in [0.3, 0.4) is 0 Å². The van der Waals surface area contributed by atoms with Gasteiger partial charge in [-0.3, -0.25) is 4.98 Å². The molecule has 0 fully saturated rings. The van der Waals surface area contributed by atoms with Crippen LogP contribution in [-0.4, -0.2) is 32.5 Å². The first-order valence-electron chi connectivity index (χ1n) is 5.39. The van der Waals surface area contributed by atoms with Gasteiger partial charge in [0.05, 0.1) is 11.9 Å². The van der Waals surface area contributed by atoms with Gasteiger partial charge in [-0.15, -0.1) is 0 Å². The van der Waals surface area contributed by atoms with Crippen molar-refractivity contribution in [1.29, 1.82) is 0 Å². The summed E-state index contributed by atoms with van der Waals surface area (Å²) in [5, 5.41) is 3.04.